The molecule has 0 atom stereocenters. The highest BCUT2D eigenvalue weighted by molar-refractivity contribution is 5.95. The fourth-order valence-corrected chi connectivity index (χ4v) is 1.40. The van der Waals surface area contributed by atoms with Crippen molar-refractivity contribution < 1.29 is 13.6 Å². The standard InChI is InChI=1S/C13H8F2N4O/c14-11-5-8(1-2-9(11)6-16)13(20)19-18-10-3-4-12(15)17-7-10/h1-5,7,18H,(H,19,20). The van der Waals surface area contributed by atoms with E-state index in [1.807, 2.05) is 0 Å². The zero-order chi connectivity index (χ0) is 14.5. The minimum absolute atomic E-state index is 0.0454. The van der Waals surface area contributed by atoms with Crippen LogP contribution in [-0.2, 0) is 0 Å². The third-order valence-corrected chi connectivity index (χ3v) is 2.40. The molecular weight excluding hydrogens is 266 g/mol. The van der Waals surface area contributed by atoms with Crippen LogP contribution in [0.2, 0.25) is 0 Å². The number of hydrogen-bond donors (Lipinski definition) is 2. The lowest BCUT2D eigenvalue weighted by atomic mass is 10.1. The molecule has 0 saturated carbocycles. The Kier molecular flexibility index (Phi) is 3.86. The molecule has 1 amide bonds. The first-order valence-corrected chi connectivity index (χ1v) is 5.47. The molecular formula is C13H8F2N4O. The monoisotopic (exact) mass is 274 g/mol. The van der Waals surface area contributed by atoms with Crippen LogP contribution in [0.15, 0.2) is 36.5 Å². The van der Waals surface area contributed by atoms with E-state index >= 15 is 0 Å². The second kappa shape index (κ2) is 5.75. The summed E-state index contributed by atoms with van der Waals surface area (Å²) in [6.45, 7) is 0. The summed E-state index contributed by atoms with van der Waals surface area (Å²) in [5, 5.41) is 8.58. The largest absolute Gasteiger partial charge is 0.297 e. The smallest absolute Gasteiger partial charge is 0.269 e. The first-order valence-electron chi connectivity index (χ1n) is 5.47. The number of nitrogens with zero attached hydrogens (tertiary/aromatic N) is 2. The number of carbonyl (C=O) groups is 1. The van der Waals surface area contributed by atoms with Crippen LogP contribution in [0, 0.1) is 23.1 Å². The van der Waals surface area contributed by atoms with Gasteiger partial charge in [-0.1, -0.05) is 0 Å². The normalized spacial score (nSPS) is 9.65. The van der Waals surface area contributed by atoms with Gasteiger partial charge in [0.25, 0.3) is 5.91 Å². The Hall–Kier alpha value is -3.01. The number of nitriles is 1. The van der Waals surface area contributed by atoms with E-state index in [1.165, 1.54) is 24.4 Å². The Labute approximate surface area is 112 Å². The van der Waals surface area contributed by atoms with Crippen LogP contribution in [-0.4, -0.2) is 10.9 Å². The lowest BCUT2D eigenvalue weighted by molar-refractivity contribution is 0.0962. The van der Waals surface area contributed by atoms with Gasteiger partial charge in [-0.05, 0) is 30.3 Å². The van der Waals surface area contributed by atoms with Gasteiger partial charge >= 0.3 is 0 Å². The van der Waals surface area contributed by atoms with E-state index in [4.69, 9.17) is 5.26 Å². The number of amides is 1. The number of nitrogens with one attached hydrogen (secondary N) is 2. The number of benzene rings is 1. The molecule has 0 bridgehead atoms. The Morgan fingerprint density at radius 2 is 2.05 bits per heavy atom. The van der Waals surface area contributed by atoms with Crippen molar-refractivity contribution in [2.45, 2.75) is 0 Å². The average Bonchev–Trinajstić information content (AvgIpc) is 2.46. The van der Waals surface area contributed by atoms with E-state index in [0.717, 1.165) is 12.1 Å². The average molecular weight is 274 g/mol. The third kappa shape index (κ3) is 3.05. The Morgan fingerprint density at radius 1 is 1.25 bits per heavy atom. The first-order chi connectivity index (χ1) is 9.60. The van der Waals surface area contributed by atoms with Crippen LogP contribution in [0.5, 0.6) is 0 Å². The van der Waals surface area contributed by atoms with E-state index in [0.29, 0.717) is 5.69 Å². The Morgan fingerprint density at radius 3 is 2.65 bits per heavy atom. The van der Waals surface area contributed by atoms with E-state index < -0.39 is 17.7 Å². The second-order valence-corrected chi connectivity index (χ2v) is 3.76. The van der Waals surface area contributed by atoms with E-state index in [2.05, 4.69) is 15.8 Å². The summed E-state index contributed by atoms with van der Waals surface area (Å²) in [6.07, 6.45) is 1.19. The predicted molar refractivity (Wildman–Crippen MR) is 66.4 cm³/mol. The van der Waals surface area contributed by atoms with Crippen molar-refractivity contribution in [2.75, 3.05) is 5.43 Å². The highest BCUT2D eigenvalue weighted by atomic mass is 19.1. The molecule has 0 radical (unpaired) electrons. The zero-order valence-electron chi connectivity index (χ0n) is 10.0. The number of rotatable bonds is 3. The van der Waals surface area contributed by atoms with Crippen molar-refractivity contribution in [1.82, 2.24) is 10.4 Å². The number of pyridine rings is 1. The fourth-order valence-electron chi connectivity index (χ4n) is 1.40. The zero-order valence-corrected chi connectivity index (χ0v) is 10.0. The third-order valence-electron chi connectivity index (χ3n) is 2.40. The number of carbonyl (C=O) groups excluding carboxylic acids is 1. The van der Waals surface area contributed by atoms with Gasteiger partial charge in [0, 0.05) is 5.56 Å². The van der Waals surface area contributed by atoms with Gasteiger partial charge in [-0.3, -0.25) is 15.6 Å². The van der Waals surface area contributed by atoms with Crippen LogP contribution < -0.4 is 10.9 Å². The fraction of sp³-hybridized carbons (Fsp3) is 0. The summed E-state index contributed by atoms with van der Waals surface area (Å²) in [6, 6.07) is 7.65. The molecule has 7 heteroatoms. The summed E-state index contributed by atoms with van der Waals surface area (Å²) < 4.78 is 25.9. The number of hydrazine groups is 1. The number of anilines is 1. The number of halogens is 2. The minimum Gasteiger partial charge on any atom is -0.297 e. The molecule has 1 aromatic carbocycles. The SMILES string of the molecule is N#Cc1ccc(C(=O)NNc2ccc(F)nc2)cc1F. The number of aromatic nitrogens is 1. The van der Waals surface area contributed by atoms with Gasteiger partial charge in [0.15, 0.2) is 0 Å². The Balaban J connectivity index is 2.03. The van der Waals surface area contributed by atoms with Gasteiger partial charge in [0.05, 0.1) is 17.4 Å². The van der Waals surface area contributed by atoms with Crippen LogP contribution in [0.3, 0.4) is 0 Å². The maximum Gasteiger partial charge on any atom is 0.269 e. The molecule has 2 N–H and O–H groups in total. The highest BCUT2D eigenvalue weighted by Crippen LogP contribution is 2.10. The second-order valence-electron chi connectivity index (χ2n) is 3.76. The molecule has 100 valence electrons. The quantitative estimate of drug-likeness (QED) is 0.662. The minimum atomic E-state index is -0.774. The lowest BCUT2D eigenvalue weighted by Gasteiger charge is -2.08. The first kappa shape index (κ1) is 13.4. The highest BCUT2D eigenvalue weighted by Gasteiger charge is 2.09. The summed E-state index contributed by atoms with van der Waals surface area (Å²) in [7, 11) is 0. The summed E-state index contributed by atoms with van der Waals surface area (Å²) in [5.41, 5.74) is 5.07. The maximum absolute atomic E-state index is 13.3. The van der Waals surface area contributed by atoms with Crippen LogP contribution in [0.25, 0.3) is 0 Å². The molecule has 0 fully saturated rings. The van der Waals surface area contributed by atoms with Crippen molar-refractivity contribution >= 4 is 11.6 Å². The Bertz CT molecular complexity index is 680. The number of hydrogen-bond acceptors (Lipinski definition) is 4. The van der Waals surface area contributed by atoms with Crippen LogP contribution >= 0.6 is 0 Å². The van der Waals surface area contributed by atoms with Gasteiger partial charge in [-0.25, -0.2) is 9.37 Å². The van der Waals surface area contributed by atoms with Crippen molar-refractivity contribution in [3.05, 3.63) is 59.4 Å². The van der Waals surface area contributed by atoms with Gasteiger partial charge < -0.3 is 0 Å². The van der Waals surface area contributed by atoms with Crippen molar-refractivity contribution in [1.29, 1.82) is 5.26 Å². The molecule has 1 heterocycles. The molecule has 20 heavy (non-hydrogen) atoms. The molecule has 0 aliphatic carbocycles. The molecule has 0 aliphatic rings. The molecule has 5 nitrogen and oxygen atoms in total. The molecule has 0 saturated heterocycles. The summed E-state index contributed by atoms with van der Waals surface area (Å²) in [5.74, 6) is -2.02. The topological polar surface area (TPSA) is 77.8 Å². The van der Waals surface area contributed by atoms with Crippen molar-refractivity contribution in [2.24, 2.45) is 0 Å². The molecule has 0 spiro atoms. The van der Waals surface area contributed by atoms with Crippen LogP contribution in [0.1, 0.15) is 15.9 Å². The van der Waals surface area contributed by atoms with Gasteiger partial charge in [-0.2, -0.15) is 9.65 Å². The molecule has 0 unspecified atom stereocenters. The van der Waals surface area contributed by atoms with E-state index in [-0.39, 0.29) is 11.1 Å². The summed E-state index contributed by atoms with van der Waals surface area (Å²) in [4.78, 5) is 15.1. The lowest BCUT2D eigenvalue weighted by Crippen LogP contribution is -2.29. The molecule has 2 aromatic rings. The maximum atomic E-state index is 13.3. The van der Waals surface area contributed by atoms with E-state index in [9.17, 15) is 13.6 Å². The van der Waals surface area contributed by atoms with Crippen molar-refractivity contribution in [3.63, 3.8) is 0 Å². The van der Waals surface area contributed by atoms with E-state index in [1.54, 1.807) is 6.07 Å². The molecule has 2 rings (SSSR count). The summed E-state index contributed by atoms with van der Waals surface area (Å²) >= 11 is 0. The molecule has 0 aliphatic heterocycles. The van der Waals surface area contributed by atoms with Gasteiger partial charge in [0.2, 0.25) is 5.95 Å². The van der Waals surface area contributed by atoms with Crippen LogP contribution in [0.4, 0.5) is 14.5 Å². The van der Waals surface area contributed by atoms with Gasteiger partial charge in [-0.15, -0.1) is 0 Å². The molecule has 1 aromatic heterocycles. The predicted octanol–water partition coefficient (Wildman–Crippen LogP) is 1.99. The van der Waals surface area contributed by atoms with Crippen molar-refractivity contribution in [3.8, 4) is 6.07 Å². The van der Waals surface area contributed by atoms with Gasteiger partial charge in [0.1, 0.15) is 11.9 Å².